The summed E-state index contributed by atoms with van der Waals surface area (Å²) in [6.45, 7) is 0.857. The number of aromatic nitrogens is 2. The fraction of sp³-hybridized carbons (Fsp3) is 0.214. The summed E-state index contributed by atoms with van der Waals surface area (Å²) < 4.78 is 25.4. The topological polar surface area (TPSA) is 113 Å². The number of nitrogens with zero attached hydrogens (tertiary/aromatic N) is 2. The number of hydrogen-bond acceptors (Lipinski definition) is 6. The average Bonchev–Trinajstić information content (AvgIpc) is 2.59. The highest BCUT2D eigenvalue weighted by Gasteiger charge is 2.12. The van der Waals surface area contributed by atoms with Gasteiger partial charge in [0.25, 0.3) is 5.91 Å². The molecule has 2 rings (SSSR count). The maximum absolute atomic E-state index is 12.0. The molecule has 0 bridgehead atoms. The van der Waals surface area contributed by atoms with Crippen LogP contribution < -0.4 is 15.4 Å². The van der Waals surface area contributed by atoms with Crippen LogP contribution in [0.15, 0.2) is 47.6 Å². The lowest BCUT2D eigenvalue weighted by Gasteiger charge is -2.07. The van der Waals surface area contributed by atoms with Crippen molar-refractivity contribution in [2.24, 2.45) is 0 Å². The Morgan fingerprint density at radius 1 is 1.09 bits per heavy atom. The van der Waals surface area contributed by atoms with Crippen molar-refractivity contribution in [3.63, 3.8) is 0 Å². The van der Waals surface area contributed by atoms with Gasteiger partial charge in [-0.15, -0.1) is 0 Å². The zero-order chi connectivity index (χ0) is 16.7. The zero-order valence-corrected chi connectivity index (χ0v) is 13.3. The van der Waals surface area contributed by atoms with Crippen LogP contribution >= 0.6 is 0 Å². The molecule has 0 fully saturated rings. The van der Waals surface area contributed by atoms with Crippen LogP contribution in [-0.4, -0.2) is 44.4 Å². The summed E-state index contributed by atoms with van der Waals surface area (Å²) in [6.07, 6.45) is 3.24. The molecule has 0 atom stereocenters. The van der Waals surface area contributed by atoms with Crippen molar-refractivity contribution in [2.75, 3.05) is 25.5 Å². The Morgan fingerprint density at radius 3 is 2.35 bits per heavy atom. The molecule has 8 nitrogen and oxygen atoms in total. The van der Waals surface area contributed by atoms with Gasteiger partial charge in [-0.05, 0) is 37.4 Å². The van der Waals surface area contributed by atoms with Crippen LogP contribution in [0.25, 0.3) is 0 Å². The van der Waals surface area contributed by atoms with Gasteiger partial charge in [-0.3, -0.25) is 4.79 Å². The number of hydrogen-bond donors (Lipinski definition) is 3. The molecule has 0 spiro atoms. The molecule has 0 saturated carbocycles. The van der Waals surface area contributed by atoms with Gasteiger partial charge in [0.2, 0.25) is 16.0 Å². The minimum Gasteiger partial charge on any atom is -0.352 e. The van der Waals surface area contributed by atoms with E-state index in [4.69, 9.17) is 0 Å². The lowest BCUT2D eigenvalue weighted by molar-refractivity contribution is 0.0955. The van der Waals surface area contributed by atoms with Crippen molar-refractivity contribution in [1.29, 1.82) is 0 Å². The first kappa shape index (κ1) is 16.8. The minimum absolute atomic E-state index is 0.111. The highest BCUT2D eigenvalue weighted by molar-refractivity contribution is 7.89. The second-order valence-electron chi connectivity index (χ2n) is 4.49. The van der Waals surface area contributed by atoms with Gasteiger partial charge in [-0.1, -0.05) is 0 Å². The second-order valence-corrected chi connectivity index (χ2v) is 6.37. The number of carbonyl (C=O) groups excluding carboxylic acids is 1. The van der Waals surface area contributed by atoms with E-state index in [-0.39, 0.29) is 10.8 Å². The number of sulfonamides is 1. The van der Waals surface area contributed by atoms with E-state index in [1.807, 2.05) is 0 Å². The third kappa shape index (κ3) is 4.73. The molecule has 0 saturated heterocycles. The van der Waals surface area contributed by atoms with Gasteiger partial charge in [0.15, 0.2) is 0 Å². The maximum Gasteiger partial charge on any atom is 0.251 e. The molecule has 0 radical (unpaired) electrons. The molecule has 0 aliphatic carbocycles. The highest BCUT2D eigenvalue weighted by atomic mass is 32.2. The summed E-state index contributed by atoms with van der Waals surface area (Å²) in [5.41, 5.74) is 0.385. The fourth-order valence-electron chi connectivity index (χ4n) is 1.75. The molecule has 1 heterocycles. The third-order valence-electron chi connectivity index (χ3n) is 2.95. The Balaban J connectivity index is 1.84. The molecular weight excluding hydrogens is 318 g/mol. The normalized spacial score (nSPS) is 11.0. The molecule has 1 aromatic heterocycles. The zero-order valence-electron chi connectivity index (χ0n) is 12.5. The molecule has 0 aliphatic heterocycles. The Bertz CT molecular complexity index is 748. The van der Waals surface area contributed by atoms with Crippen molar-refractivity contribution in [3.05, 3.63) is 48.3 Å². The molecule has 3 N–H and O–H groups in total. The standard InChI is InChI=1S/C14H17N5O3S/c1-15-23(21,22)12-5-3-11(4-6-12)13(20)16-9-10-19-14-17-7-2-8-18-14/h2-8,15H,9-10H2,1H3,(H,16,20)(H,17,18,19). The van der Waals surface area contributed by atoms with Crippen LogP contribution in [-0.2, 0) is 10.0 Å². The van der Waals surface area contributed by atoms with Crippen molar-refractivity contribution in [3.8, 4) is 0 Å². The SMILES string of the molecule is CNS(=O)(=O)c1ccc(C(=O)NCCNc2ncccn2)cc1. The first-order valence-electron chi connectivity index (χ1n) is 6.85. The van der Waals surface area contributed by atoms with Crippen molar-refractivity contribution in [1.82, 2.24) is 20.0 Å². The molecule has 0 aliphatic rings. The first-order valence-corrected chi connectivity index (χ1v) is 8.34. The van der Waals surface area contributed by atoms with Crippen molar-refractivity contribution < 1.29 is 13.2 Å². The molecule has 2 aromatic rings. The van der Waals surface area contributed by atoms with Crippen LogP contribution in [0.2, 0.25) is 0 Å². The number of carbonyl (C=O) groups is 1. The summed E-state index contributed by atoms with van der Waals surface area (Å²) in [5, 5.41) is 5.68. The van der Waals surface area contributed by atoms with E-state index in [9.17, 15) is 13.2 Å². The van der Waals surface area contributed by atoms with Crippen LogP contribution in [0.1, 0.15) is 10.4 Å². The molecular formula is C14H17N5O3S. The summed E-state index contributed by atoms with van der Waals surface area (Å²) in [6, 6.07) is 7.42. The van der Waals surface area contributed by atoms with E-state index >= 15 is 0 Å². The molecule has 9 heteroatoms. The Kier molecular flexibility index (Phi) is 5.61. The van der Waals surface area contributed by atoms with E-state index in [1.54, 1.807) is 18.5 Å². The van der Waals surface area contributed by atoms with Gasteiger partial charge in [0.1, 0.15) is 0 Å². The largest absolute Gasteiger partial charge is 0.352 e. The lowest BCUT2D eigenvalue weighted by atomic mass is 10.2. The Morgan fingerprint density at radius 2 is 1.74 bits per heavy atom. The number of amides is 1. The number of rotatable bonds is 7. The first-order chi connectivity index (χ1) is 11.0. The van der Waals surface area contributed by atoms with E-state index in [2.05, 4.69) is 25.3 Å². The van der Waals surface area contributed by atoms with E-state index in [0.29, 0.717) is 24.6 Å². The molecule has 122 valence electrons. The van der Waals surface area contributed by atoms with Crippen molar-refractivity contribution in [2.45, 2.75) is 4.90 Å². The van der Waals surface area contributed by atoms with E-state index in [1.165, 1.54) is 31.3 Å². The molecule has 0 unspecified atom stereocenters. The van der Waals surface area contributed by atoms with Crippen molar-refractivity contribution >= 4 is 21.9 Å². The molecule has 23 heavy (non-hydrogen) atoms. The summed E-state index contributed by atoms with van der Waals surface area (Å²) in [7, 11) is -2.17. The number of benzene rings is 1. The monoisotopic (exact) mass is 335 g/mol. The van der Waals surface area contributed by atoms with Gasteiger partial charge in [-0.25, -0.2) is 23.1 Å². The lowest BCUT2D eigenvalue weighted by Crippen LogP contribution is -2.29. The third-order valence-corrected chi connectivity index (χ3v) is 4.39. The average molecular weight is 335 g/mol. The van der Waals surface area contributed by atoms with E-state index < -0.39 is 10.0 Å². The smallest absolute Gasteiger partial charge is 0.251 e. The Labute approximate surface area is 134 Å². The summed E-state index contributed by atoms with van der Waals surface area (Å²) in [5.74, 6) is 0.206. The second kappa shape index (κ2) is 7.65. The summed E-state index contributed by atoms with van der Waals surface area (Å²) in [4.78, 5) is 20.1. The van der Waals surface area contributed by atoms with E-state index in [0.717, 1.165) is 0 Å². The quantitative estimate of drug-likeness (QED) is 0.624. The fourth-order valence-corrected chi connectivity index (χ4v) is 2.48. The molecule has 1 aromatic carbocycles. The Hall–Kier alpha value is -2.52. The molecule has 1 amide bonds. The predicted molar refractivity (Wildman–Crippen MR) is 85.5 cm³/mol. The number of nitrogens with one attached hydrogen (secondary N) is 3. The maximum atomic E-state index is 12.0. The van der Waals surface area contributed by atoms with Crippen LogP contribution in [0.4, 0.5) is 5.95 Å². The van der Waals surface area contributed by atoms with Gasteiger partial charge in [0, 0.05) is 31.0 Å². The van der Waals surface area contributed by atoms with Gasteiger partial charge in [0.05, 0.1) is 4.90 Å². The highest BCUT2D eigenvalue weighted by Crippen LogP contribution is 2.09. The van der Waals surface area contributed by atoms with Crippen LogP contribution in [0.5, 0.6) is 0 Å². The number of anilines is 1. The van der Waals surface area contributed by atoms with Crippen LogP contribution in [0, 0.1) is 0 Å². The summed E-state index contributed by atoms with van der Waals surface area (Å²) >= 11 is 0. The predicted octanol–water partition coefficient (Wildman–Crippen LogP) is 0.227. The van der Waals surface area contributed by atoms with Crippen LogP contribution in [0.3, 0.4) is 0 Å². The van der Waals surface area contributed by atoms with Gasteiger partial charge in [-0.2, -0.15) is 0 Å². The van der Waals surface area contributed by atoms with Gasteiger partial charge >= 0.3 is 0 Å². The van der Waals surface area contributed by atoms with Gasteiger partial charge < -0.3 is 10.6 Å². The minimum atomic E-state index is -3.50.